The van der Waals surface area contributed by atoms with Crippen LogP contribution in [0.4, 0.5) is 0 Å². The van der Waals surface area contributed by atoms with Crippen molar-refractivity contribution in [2.24, 2.45) is 5.41 Å². The molecule has 1 saturated heterocycles. The largest absolute Gasteiger partial charge is 0.481 e. The predicted octanol–water partition coefficient (Wildman–Crippen LogP) is 1.98. The van der Waals surface area contributed by atoms with Crippen molar-refractivity contribution in [1.82, 2.24) is 4.90 Å². The third kappa shape index (κ3) is 2.22. The molecule has 17 heavy (non-hydrogen) atoms. The standard InChI is InChI=1S/C11H12BrNO4/c1-11(10(15)16)4-5-13(6-11)9(14)7-2-3-8(12)17-7/h2-3H,4-6H2,1H3,(H,15,16)/t11-/m1/s1. The van der Waals surface area contributed by atoms with Crippen LogP contribution in [0, 0.1) is 5.41 Å². The van der Waals surface area contributed by atoms with Crippen molar-refractivity contribution in [3.05, 3.63) is 22.6 Å². The fraction of sp³-hybridized carbons (Fsp3) is 0.455. The van der Waals surface area contributed by atoms with Crippen molar-refractivity contribution in [3.8, 4) is 0 Å². The number of aliphatic carboxylic acids is 1. The minimum atomic E-state index is -0.867. The van der Waals surface area contributed by atoms with Gasteiger partial charge in [0.25, 0.3) is 5.91 Å². The van der Waals surface area contributed by atoms with Crippen LogP contribution in [0.25, 0.3) is 0 Å². The molecule has 1 fully saturated rings. The van der Waals surface area contributed by atoms with Gasteiger partial charge in [-0.1, -0.05) is 0 Å². The molecule has 1 aliphatic rings. The molecule has 1 aromatic heterocycles. The van der Waals surface area contributed by atoms with E-state index in [1.807, 2.05) is 0 Å². The lowest BCUT2D eigenvalue weighted by Gasteiger charge is -2.19. The van der Waals surface area contributed by atoms with E-state index in [2.05, 4.69) is 15.9 Å². The molecule has 0 saturated carbocycles. The van der Waals surface area contributed by atoms with Crippen molar-refractivity contribution >= 4 is 27.8 Å². The minimum absolute atomic E-state index is 0.222. The normalized spacial score (nSPS) is 24.0. The van der Waals surface area contributed by atoms with E-state index >= 15 is 0 Å². The van der Waals surface area contributed by atoms with E-state index in [1.165, 1.54) is 4.90 Å². The van der Waals surface area contributed by atoms with Crippen LogP contribution in [0.3, 0.4) is 0 Å². The van der Waals surface area contributed by atoms with E-state index in [1.54, 1.807) is 19.1 Å². The molecule has 1 N–H and O–H groups in total. The van der Waals surface area contributed by atoms with E-state index in [4.69, 9.17) is 9.52 Å². The number of nitrogens with zero attached hydrogens (tertiary/aromatic N) is 1. The lowest BCUT2D eigenvalue weighted by molar-refractivity contribution is -0.147. The molecule has 92 valence electrons. The summed E-state index contributed by atoms with van der Waals surface area (Å²) in [6.07, 6.45) is 0.468. The fourth-order valence-corrected chi connectivity index (χ4v) is 2.20. The molecular formula is C11H12BrNO4. The molecule has 1 aromatic rings. The molecule has 6 heteroatoms. The van der Waals surface area contributed by atoms with Gasteiger partial charge in [0.1, 0.15) is 0 Å². The van der Waals surface area contributed by atoms with Gasteiger partial charge in [0, 0.05) is 13.1 Å². The monoisotopic (exact) mass is 301 g/mol. The Kier molecular flexibility index (Phi) is 2.99. The second-order valence-corrected chi connectivity index (χ2v) is 5.23. The summed E-state index contributed by atoms with van der Waals surface area (Å²) < 4.78 is 5.65. The number of halogens is 1. The summed E-state index contributed by atoms with van der Waals surface area (Å²) in [6, 6.07) is 3.21. The molecule has 2 rings (SSSR count). The van der Waals surface area contributed by atoms with Crippen molar-refractivity contribution < 1.29 is 19.1 Å². The lowest BCUT2D eigenvalue weighted by Crippen LogP contribution is -2.34. The average Bonchev–Trinajstić information content (AvgIpc) is 2.85. The molecule has 0 unspecified atom stereocenters. The third-order valence-electron chi connectivity index (χ3n) is 3.06. The van der Waals surface area contributed by atoms with Crippen molar-refractivity contribution in [3.63, 3.8) is 0 Å². The van der Waals surface area contributed by atoms with Crippen LogP contribution in [0.1, 0.15) is 23.9 Å². The van der Waals surface area contributed by atoms with Gasteiger partial charge in [-0.05, 0) is 41.4 Å². The highest BCUT2D eigenvalue weighted by Gasteiger charge is 2.42. The first-order valence-electron chi connectivity index (χ1n) is 5.20. The first-order chi connectivity index (χ1) is 7.92. The van der Waals surface area contributed by atoms with Crippen molar-refractivity contribution in [2.45, 2.75) is 13.3 Å². The molecule has 1 aliphatic heterocycles. The molecule has 1 atom stereocenters. The highest BCUT2D eigenvalue weighted by molar-refractivity contribution is 9.10. The van der Waals surface area contributed by atoms with Gasteiger partial charge in [-0.2, -0.15) is 0 Å². The molecule has 0 bridgehead atoms. The highest BCUT2D eigenvalue weighted by Crippen LogP contribution is 2.31. The minimum Gasteiger partial charge on any atom is -0.481 e. The zero-order chi connectivity index (χ0) is 12.6. The molecule has 1 amide bonds. The van der Waals surface area contributed by atoms with Crippen LogP contribution in [0.5, 0.6) is 0 Å². The first kappa shape index (κ1) is 12.2. The molecule has 0 aromatic carbocycles. The Morgan fingerprint density at radius 2 is 2.24 bits per heavy atom. The second-order valence-electron chi connectivity index (χ2n) is 4.45. The number of carbonyl (C=O) groups excluding carboxylic acids is 1. The number of carboxylic acid groups (broad SMARTS) is 1. The Bertz CT molecular complexity index is 470. The predicted molar refractivity (Wildman–Crippen MR) is 62.7 cm³/mol. The number of hydrogen-bond acceptors (Lipinski definition) is 3. The van der Waals surface area contributed by atoms with Crippen molar-refractivity contribution in [2.75, 3.05) is 13.1 Å². The SMILES string of the molecule is C[C@@]1(C(=O)O)CCN(C(=O)c2ccc(Br)o2)C1. The molecular weight excluding hydrogens is 290 g/mol. The van der Waals surface area contributed by atoms with Gasteiger partial charge in [0.15, 0.2) is 10.4 Å². The maximum absolute atomic E-state index is 12.0. The molecule has 5 nitrogen and oxygen atoms in total. The van der Waals surface area contributed by atoms with E-state index in [-0.39, 0.29) is 18.2 Å². The molecule has 0 aliphatic carbocycles. The molecule has 0 spiro atoms. The maximum atomic E-state index is 12.0. The quantitative estimate of drug-likeness (QED) is 0.907. The van der Waals surface area contributed by atoms with E-state index in [0.717, 1.165) is 0 Å². The van der Waals surface area contributed by atoms with Crippen LogP contribution in [0.2, 0.25) is 0 Å². The summed E-state index contributed by atoms with van der Waals surface area (Å²) in [4.78, 5) is 24.6. The Morgan fingerprint density at radius 1 is 1.53 bits per heavy atom. The first-order valence-corrected chi connectivity index (χ1v) is 6.00. The number of furan rings is 1. The van der Waals surface area contributed by atoms with Crippen LogP contribution in [0.15, 0.2) is 21.2 Å². The summed E-state index contributed by atoms with van der Waals surface area (Å²) >= 11 is 3.12. The Balaban J connectivity index is 2.11. The summed E-state index contributed by atoms with van der Waals surface area (Å²) in [5.41, 5.74) is -0.848. The maximum Gasteiger partial charge on any atom is 0.311 e. The summed E-state index contributed by atoms with van der Waals surface area (Å²) in [5.74, 6) is -0.902. The lowest BCUT2D eigenvalue weighted by atomic mass is 9.90. The summed E-state index contributed by atoms with van der Waals surface area (Å²) in [6.45, 7) is 2.32. The van der Waals surface area contributed by atoms with Gasteiger partial charge in [-0.25, -0.2) is 0 Å². The number of hydrogen-bond donors (Lipinski definition) is 1. The number of amides is 1. The summed E-state index contributed by atoms with van der Waals surface area (Å²) in [7, 11) is 0. The van der Waals surface area contributed by atoms with Gasteiger partial charge in [0.2, 0.25) is 0 Å². The second kappa shape index (κ2) is 4.18. The van der Waals surface area contributed by atoms with Crippen LogP contribution >= 0.6 is 15.9 Å². The third-order valence-corrected chi connectivity index (χ3v) is 3.49. The summed E-state index contributed by atoms with van der Waals surface area (Å²) in [5, 5.41) is 9.08. The van der Waals surface area contributed by atoms with Gasteiger partial charge in [-0.15, -0.1) is 0 Å². The van der Waals surface area contributed by atoms with Crippen molar-refractivity contribution in [1.29, 1.82) is 0 Å². The average molecular weight is 302 g/mol. The zero-order valence-corrected chi connectivity index (χ0v) is 10.9. The van der Waals surface area contributed by atoms with Crippen LogP contribution in [-0.2, 0) is 4.79 Å². The highest BCUT2D eigenvalue weighted by atomic mass is 79.9. The fourth-order valence-electron chi connectivity index (χ4n) is 1.89. The number of carboxylic acids is 1. The van der Waals surface area contributed by atoms with E-state index < -0.39 is 11.4 Å². The smallest absolute Gasteiger partial charge is 0.311 e. The van der Waals surface area contributed by atoms with E-state index in [9.17, 15) is 9.59 Å². The number of carbonyl (C=O) groups is 2. The Labute approximate surface area is 107 Å². The number of rotatable bonds is 2. The Hall–Kier alpha value is -1.30. The van der Waals surface area contributed by atoms with E-state index in [0.29, 0.717) is 17.6 Å². The van der Waals surface area contributed by atoms with Gasteiger partial charge in [0.05, 0.1) is 5.41 Å². The van der Waals surface area contributed by atoms with Crippen LogP contribution < -0.4 is 0 Å². The van der Waals surface area contributed by atoms with Crippen LogP contribution in [-0.4, -0.2) is 35.0 Å². The van der Waals surface area contributed by atoms with Gasteiger partial charge in [-0.3, -0.25) is 9.59 Å². The molecule has 0 radical (unpaired) electrons. The number of likely N-dealkylation sites (tertiary alicyclic amines) is 1. The van der Waals surface area contributed by atoms with Gasteiger partial charge < -0.3 is 14.4 Å². The molecule has 2 heterocycles. The topological polar surface area (TPSA) is 70.8 Å². The Morgan fingerprint density at radius 3 is 2.71 bits per heavy atom. The van der Waals surface area contributed by atoms with Gasteiger partial charge >= 0.3 is 5.97 Å². The zero-order valence-electron chi connectivity index (χ0n) is 9.27.